The van der Waals surface area contributed by atoms with E-state index in [9.17, 15) is 0 Å². The van der Waals surface area contributed by atoms with Gasteiger partial charge in [-0.2, -0.15) is 0 Å². The van der Waals surface area contributed by atoms with Gasteiger partial charge in [0.25, 0.3) is 0 Å². The van der Waals surface area contributed by atoms with Gasteiger partial charge in [0.2, 0.25) is 0 Å². The highest BCUT2D eigenvalue weighted by molar-refractivity contribution is 9.10. The first-order chi connectivity index (χ1) is 13.3. The molecule has 0 aliphatic rings. The Morgan fingerprint density at radius 2 is 0.857 bits per heavy atom. The van der Waals surface area contributed by atoms with Gasteiger partial charge >= 0.3 is 0 Å². The fourth-order valence-corrected chi connectivity index (χ4v) is 8.56. The first-order valence-electron chi connectivity index (χ1n) is 9.09. The molecule has 0 spiro atoms. The second-order valence-corrected chi connectivity index (χ2v) is 10.9. The van der Waals surface area contributed by atoms with E-state index in [0.29, 0.717) is 0 Å². The van der Waals surface area contributed by atoms with Gasteiger partial charge in [-0.05, 0) is 42.5 Å². The van der Waals surface area contributed by atoms with Gasteiger partial charge in [0.1, 0.15) is 23.2 Å². The molecule has 28 heavy (non-hydrogen) atoms. The summed E-state index contributed by atoms with van der Waals surface area (Å²) >= 11 is 3.78. The smallest absolute Gasteiger partial charge is 0.116 e. The summed E-state index contributed by atoms with van der Waals surface area (Å²) in [5.74, 6) is 0. The summed E-state index contributed by atoms with van der Waals surface area (Å²) in [5.41, 5.74) is 1.35. The Kier molecular flexibility index (Phi) is 7.24. The lowest BCUT2D eigenvalue weighted by Crippen LogP contribution is -3.00. The van der Waals surface area contributed by atoms with Gasteiger partial charge in [-0.3, -0.25) is 0 Å². The van der Waals surface area contributed by atoms with Crippen LogP contribution in [0.2, 0.25) is 0 Å². The quantitative estimate of drug-likeness (QED) is 0.361. The van der Waals surface area contributed by atoms with Crippen LogP contribution in [-0.2, 0) is 6.16 Å². The Balaban J connectivity index is 0.00000225. The number of hydrogen-bond donors (Lipinski definition) is 0. The topological polar surface area (TPSA) is 0 Å². The first-order valence-corrected chi connectivity index (χ1v) is 11.9. The molecule has 0 amide bonds. The second kappa shape index (κ2) is 9.65. The van der Waals surface area contributed by atoms with Gasteiger partial charge in [0.15, 0.2) is 0 Å². The molecular weight excluding hydrogens is 491 g/mol. The van der Waals surface area contributed by atoms with Crippen LogP contribution in [0.1, 0.15) is 5.56 Å². The third-order valence-electron chi connectivity index (χ3n) is 4.96. The predicted molar refractivity (Wildman–Crippen MR) is 123 cm³/mol. The molecule has 140 valence electrons. The van der Waals surface area contributed by atoms with Crippen LogP contribution in [-0.4, -0.2) is 0 Å². The number of halogens is 2. The minimum atomic E-state index is -1.83. The SMILES string of the molecule is Brc1ccccc1C[P+](c1ccccc1)(c1ccccc1)c1ccccc1.[Br-]. The maximum atomic E-state index is 3.78. The third kappa shape index (κ3) is 4.15. The normalized spacial score (nSPS) is 10.9. The van der Waals surface area contributed by atoms with Crippen LogP contribution in [0, 0.1) is 0 Å². The summed E-state index contributed by atoms with van der Waals surface area (Å²) in [6.45, 7) is 0. The summed E-state index contributed by atoms with van der Waals surface area (Å²) in [5, 5.41) is 4.24. The van der Waals surface area contributed by atoms with E-state index in [4.69, 9.17) is 0 Å². The van der Waals surface area contributed by atoms with Crippen molar-refractivity contribution in [1.82, 2.24) is 0 Å². The monoisotopic (exact) mass is 510 g/mol. The molecule has 0 saturated heterocycles. The van der Waals surface area contributed by atoms with Crippen molar-refractivity contribution in [2.75, 3.05) is 0 Å². The van der Waals surface area contributed by atoms with Crippen LogP contribution in [0.5, 0.6) is 0 Å². The predicted octanol–water partition coefficient (Wildman–Crippen LogP) is 2.95. The molecule has 0 N–H and O–H groups in total. The molecule has 0 heterocycles. The Morgan fingerprint density at radius 1 is 0.500 bits per heavy atom. The zero-order chi connectivity index (χ0) is 18.5. The molecule has 0 saturated carbocycles. The largest absolute Gasteiger partial charge is 1.00 e. The van der Waals surface area contributed by atoms with Crippen molar-refractivity contribution in [3.63, 3.8) is 0 Å². The van der Waals surface area contributed by atoms with Crippen molar-refractivity contribution in [1.29, 1.82) is 0 Å². The van der Waals surface area contributed by atoms with Crippen molar-refractivity contribution in [3.8, 4) is 0 Å². The molecular formula is C25H21Br2P. The van der Waals surface area contributed by atoms with Crippen LogP contribution in [0.25, 0.3) is 0 Å². The molecule has 0 nitrogen and oxygen atoms in total. The summed E-state index contributed by atoms with van der Waals surface area (Å²) in [6.07, 6.45) is 0.993. The molecule has 4 rings (SSSR count). The Hall–Kier alpha value is -1.73. The Labute approximate surface area is 186 Å². The van der Waals surface area contributed by atoms with Crippen molar-refractivity contribution in [3.05, 3.63) is 125 Å². The van der Waals surface area contributed by atoms with E-state index < -0.39 is 7.26 Å². The minimum Gasteiger partial charge on any atom is -1.00 e. The van der Waals surface area contributed by atoms with E-state index in [1.54, 1.807) is 0 Å². The van der Waals surface area contributed by atoms with Gasteiger partial charge in [-0.1, -0.05) is 88.7 Å². The van der Waals surface area contributed by atoms with Gasteiger partial charge in [0, 0.05) is 10.0 Å². The zero-order valence-corrected chi connectivity index (χ0v) is 19.4. The summed E-state index contributed by atoms with van der Waals surface area (Å²) in [7, 11) is -1.83. The molecule has 4 aromatic rings. The first kappa shape index (κ1) is 21.0. The van der Waals surface area contributed by atoms with E-state index >= 15 is 0 Å². The van der Waals surface area contributed by atoms with Crippen LogP contribution in [0.15, 0.2) is 120 Å². The molecule has 0 unspecified atom stereocenters. The number of benzene rings is 4. The Bertz CT molecular complexity index is 905. The molecule has 3 heteroatoms. The molecule has 0 atom stereocenters. The maximum Gasteiger partial charge on any atom is 0.116 e. The molecule has 0 aliphatic heterocycles. The van der Waals surface area contributed by atoms with Crippen molar-refractivity contribution < 1.29 is 17.0 Å². The highest BCUT2D eigenvalue weighted by Crippen LogP contribution is 2.58. The third-order valence-corrected chi connectivity index (χ3v) is 10.1. The molecule has 0 radical (unpaired) electrons. The average molecular weight is 512 g/mol. The minimum absolute atomic E-state index is 0. The van der Waals surface area contributed by atoms with Gasteiger partial charge in [0.05, 0.1) is 6.16 Å². The van der Waals surface area contributed by atoms with Crippen LogP contribution >= 0.6 is 23.2 Å². The summed E-state index contributed by atoms with van der Waals surface area (Å²) < 4.78 is 1.18. The molecule has 0 aliphatic carbocycles. The van der Waals surface area contributed by atoms with E-state index in [-0.39, 0.29) is 17.0 Å². The molecule has 0 aromatic heterocycles. The van der Waals surface area contributed by atoms with Crippen LogP contribution in [0.4, 0.5) is 0 Å². The van der Waals surface area contributed by atoms with Gasteiger partial charge in [-0.15, -0.1) is 0 Å². The fraction of sp³-hybridized carbons (Fsp3) is 0.0400. The summed E-state index contributed by atoms with van der Waals surface area (Å²) in [4.78, 5) is 0. The fourth-order valence-electron chi connectivity index (χ4n) is 3.65. The maximum absolute atomic E-state index is 3.78. The van der Waals surface area contributed by atoms with Crippen molar-refractivity contribution in [2.24, 2.45) is 0 Å². The van der Waals surface area contributed by atoms with Crippen molar-refractivity contribution in [2.45, 2.75) is 6.16 Å². The van der Waals surface area contributed by atoms with Gasteiger partial charge in [-0.25, -0.2) is 0 Å². The Morgan fingerprint density at radius 3 is 1.25 bits per heavy atom. The van der Waals surface area contributed by atoms with E-state index in [1.165, 1.54) is 25.9 Å². The second-order valence-electron chi connectivity index (χ2n) is 6.57. The van der Waals surface area contributed by atoms with Crippen molar-refractivity contribution >= 4 is 39.1 Å². The number of rotatable bonds is 5. The highest BCUT2D eigenvalue weighted by atomic mass is 79.9. The molecule has 4 aromatic carbocycles. The number of hydrogen-bond acceptors (Lipinski definition) is 0. The lowest BCUT2D eigenvalue weighted by molar-refractivity contribution is -0.00000510. The highest BCUT2D eigenvalue weighted by Gasteiger charge is 2.45. The van der Waals surface area contributed by atoms with Gasteiger partial charge < -0.3 is 17.0 Å². The lowest BCUT2D eigenvalue weighted by atomic mass is 10.2. The zero-order valence-electron chi connectivity index (χ0n) is 15.4. The lowest BCUT2D eigenvalue weighted by Gasteiger charge is -2.28. The standard InChI is InChI=1S/C25H21BrP.BrH/c26-25-19-11-10-12-21(25)20-27(22-13-4-1-5-14-22,23-15-6-2-7-16-23)24-17-8-3-9-18-24;/h1-19H,20H2;1H/q+1;/p-1. The van der Waals surface area contributed by atoms with E-state index in [1.807, 2.05) is 0 Å². The van der Waals surface area contributed by atoms with Crippen LogP contribution in [0.3, 0.4) is 0 Å². The van der Waals surface area contributed by atoms with E-state index in [2.05, 4.69) is 131 Å². The average Bonchev–Trinajstić information content (AvgIpc) is 2.75. The van der Waals surface area contributed by atoms with Crippen LogP contribution < -0.4 is 32.9 Å². The molecule has 0 bridgehead atoms. The molecule has 0 fully saturated rings. The summed E-state index contributed by atoms with van der Waals surface area (Å²) in [6, 6.07) is 41.7. The van der Waals surface area contributed by atoms with E-state index in [0.717, 1.165) is 6.16 Å².